The predicted octanol–water partition coefficient (Wildman–Crippen LogP) is 1.55. The second kappa shape index (κ2) is 6.50. The van der Waals surface area contributed by atoms with E-state index in [1.807, 2.05) is 0 Å². The molecular weight excluding hydrogens is 267 g/mol. The Morgan fingerprint density at radius 3 is 2.37 bits per heavy atom. The number of aliphatic hydroxyl groups is 1. The first kappa shape index (κ1) is 15.4. The van der Waals surface area contributed by atoms with Gasteiger partial charge in [0.25, 0.3) is 0 Å². The fraction of sp³-hybridized carbons (Fsp3) is 0.700. The summed E-state index contributed by atoms with van der Waals surface area (Å²) in [4.78, 5) is 10.7. The monoisotopic (exact) mass is 281 g/mol. The zero-order valence-corrected chi connectivity index (χ0v) is 10.0. The van der Waals surface area contributed by atoms with Gasteiger partial charge in [0.2, 0.25) is 5.69 Å². The van der Waals surface area contributed by atoms with E-state index in [4.69, 9.17) is 10.2 Å². The van der Waals surface area contributed by atoms with Crippen LogP contribution in [0.15, 0.2) is 0 Å². The van der Waals surface area contributed by atoms with Crippen molar-refractivity contribution in [1.29, 1.82) is 0 Å². The number of aromatic carboxylic acids is 1. The van der Waals surface area contributed by atoms with Crippen LogP contribution < -0.4 is 0 Å². The molecule has 0 aromatic carbocycles. The van der Waals surface area contributed by atoms with Gasteiger partial charge in [0.1, 0.15) is 0 Å². The second-order valence-electron chi connectivity index (χ2n) is 3.95. The Morgan fingerprint density at radius 1 is 1.21 bits per heavy atom. The SMILES string of the molecule is O=C(O)c1nnn(CCCCCCO)c1C(F)(F)F. The average molecular weight is 281 g/mol. The Hall–Kier alpha value is -1.64. The van der Waals surface area contributed by atoms with E-state index in [2.05, 4.69) is 10.3 Å². The van der Waals surface area contributed by atoms with E-state index in [1.165, 1.54) is 0 Å². The van der Waals surface area contributed by atoms with Gasteiger partial charge in [-0.1, -0.05) is 18.1 Å². The molecule has 0 fully saturated rings. The van der Waals surface area contributed by atoms with Crippen molar-refractivity contribution in [2.45, 2.75) is 38.4 Å². The van der Waals surface area contributed by atoms with Crippen molar-refractivity contribution in [3.63, 3.8) is 0 Å². The number of aliphatic hydroxyl groups excluding tert-OH is 1. The standard InChI is InChI=1S/C10H14F3N3O3/c11-10(12,13)8-7(9(18)19)14-15-16(8)5-3-1-2-4-6-17/h17H,1-6H2,(H,18,19). The van der Waals surface area contributed by atoms with Crippen molar-refractivity contribution >= 4 is 5.97 Å². The minimum Gasteiger partial charge on any atom is -0.476 e. The first-order chi connectivity index (χ1) is 8.88. The summed E-state index contributed by atoms with van der Waals surface area (Å²) in [7, 11) is 0. The highest BCUT2D eigenvalue weighted by molar-refractivity contribution is 5.86. The minimum atomic E-state index is -4.80. The molecule has 1 rings (SSSR count). The van der Waals surface area contributed by atoms with Crippen LogP contribution in [0.1, 0.15) is 41.9 Å². The predicted molar refractivity (Wildman–Crippen MR) is 57.5 cm³/mol. The molecule has 0 spiro atoms. The first-order valence-corrected chi connectivity index (χ1v) is 5.72. The van der Waals surface area contributed by atoms with E-state index >= 15 is 0 Å². The van der Waals surface area contributed by atoms with Crippen molar-refractivity contribution in [1.82, 2.24) is 15.0 Å². The molecule has 0 unspecified atom stereocenters. The molecule has 0 saturated carbocycles. The molecule has 0 radical (unpaired) electrons. The fourth-order valence-electron chi connectivity index (χ4n) is 1.62. The lowest BCUT2D eigenvalue weighted by atomic mass is 10.2. The quantitative estimate of drug-likeness (QED) is 0.740. The number of aromatic nitrogens is 3. The summed E-state index contributed by atoms with van der Waals surface area (Å²) >= 11 is 0. The molecule has 1 heterocycles. The number of unbranched alkanes of at least 4 members (excludes halogenated alkanes) is 3. The van der Waals surface area contributed by atoms with Crippen LogP contribution in [0, 0.1) is 0 Å². The van der Waals surface area contributed by atoms with Crippen LogP contribution >= 0.6 is 0 Å². The summed E-state index contributed by atoms with van der Waals surface area (Å²) < 4.78 is 38.8. The number of carbonyl (C=O) groups is 1. The van der Waals surface area contributed by atoms with E-state index in [0.29, 0.717) is 30.4 Å². The zero-order chi connectivity index (χ0) is 14.5. The van der Waals surface area contributed by atoms with Crippen LogP contribution in [-0.4, -0.2) is 37.8 Å². The molecule has 2 N–H and O–H groups in total. The number of rotatable bonds is 7. The number of aryl methyl sites for hydroxylation is 1. The van der Waals surface area contributed by atoms with E-state index in [-0.39, 0.29) is 13.2 Å². The lowest BCUT2D eigenvalue weighted by Gasteiger charge is -2.09. The lowest BCUT2D eigenvalue weighted by molar-refractivity contribution is -0.144. The van der Waals surface area contributed by atoms with Gasteiger partial charge in [0.05, 0.1) is 0 Å². The molecule has 108 valence electrons. The summed E-state index contributed by atoms with van der Waals surface area (Å²) in [6.45, 7) is -0.0131. The van der Waals surface area contributed by atoms with Gasteiger partial charge in [0.15, 0.2) is 5.69 Å². The van der Waals surface area contributed by atoms with Gasteiger partial charge in [-0.2, -0.15) is 13.2 Å². The number of alkyl halides is 3. The topological polar surface area (TPSA) is 88.2 Å². The van der Waals surface area contributed by atoms with Crippen molar-refractivity contribution in [2.75, 3.05) is 6.61 Å². The molecule has 6 nitrogen and oxygen atoms in total. The molecule has 0 aliphatic carbocycles. The molecule has 0 aliphatic rings. The maximum absolute atomic E-state index is 12.7. The van der Waals surface area contributed by atoms with Gasteiger partial charge in [0, 0.05) is 13.2 Å². The molecular formula is C10H14F3N3O3. The second-order valence-corrected chi connectivity index (χ2v) is 3.95. The average Bonchev–Trinajstić information content (AvgIpc) is 2.72. The van der Waals surface area contributed by atoms with E-state index < -0.39 is 23.5 Å². The molecule has 1 aromatic rings. The maximum atomic E-state index is 12.7. The minimum absolute atomic E-state index is 0.0420. The summed E-state index contributed by atoms with van der Waals surface area (Å²) in [5, 5.41) is 23.5. The largest absolute Gasteiger partial charge is 0.476 e. The summed E-state index contributed by atoms with van der Waals surface area (Å²) in [5.41, 5.74) is -2.41. The Morgan fingerprint density at radius 2 is 1.84 bits per heavy atom. The van der Waals surface area contributed by atoms with Gasteiger partial charge in [-0.3, -0.25) is 0 Å². The van der Waals surface area contributed by atoms with E-state index in [1.54, 1.807) is 0 Å². The Bertz CT molecular complexity index is 431. The zero-order valence-electron chi connectivity index (χ0n) is 10.0. The third kappa shape index (κ3) is 4.19. The molecule has 0 atom stereocenters. The fourth-order valence-corrected chi connectivity index (χ4v) is 1.62. The van der Waals surface area contributed by atoms with Crippen LogP contribution in [0.3, 0.4) is 0 Å². The highest BCUT2D eigenvalue weighted by atomic mass is 19.4. The summed E-state index contributed by atoms with van der Waals surface area (Å²) in [6.07, 6.45) is -2.49. The summed E-state index contributed by atoms with van der Waals surface area (Å²) in [6, 6.07) is 0. The highest BCUT2D eigenvalue weighted by Gasteiger charge is 2.41. The molecule has 0 amide bonds. The molecule has 1 aromatic heterocycles. The van der Waals surface area contributed by atoms with Gasteiger partial charge < -0.3 is 10.2 Å². The number of carboxylic acids is 1. The Labute approximate surface area is 106 Å². The van der Waals surface area contributed by atoms with Crippen LogP contribution in [0.25, 0.3) is 0 Å². The van der Waals surface area contributed by atoms with Crippen molar-refractivity contribution in [3.8, 4) is 0 Å². The van der Waals surface area contributed by atoms with Crippen molar-refractivity contribution < 1.29 is 28.2 Å². The maximum Gasteiger partial charge on any atom is 0.435 e. The van der Waals surface area contributed by atoms with Gasteiger partial charge in [-0.05, 0) is 12.8 Å². The number of hydrogen-bond donors (Lipinski definition) is 2. The number of nitrogens with zero attached hydrogens (tertiary/aromatic N) is 3. The van der Waals surface area contributed by atoms with Gasteiger partial charge >= 0.3 is 12.1 Å². The lowest BCUT2D eigenvalue weighted by Crippen LogP contribution is -2.18. The van der Waals surface area contributed by atoms with Crippen LogP contribution in [0.2, 0.25) is 0 Å². The van der Waals surface area contributed by atoms with Crippen LogP contribution in [0.5, 0.6) is 0 Å². The van der Waals surface area contributed by atoms with Crippen LogP contribution in [-0.2, 0) is 12.7 Å². The number of halogens is 3. The van der Waals surface area contributed by atoms with Crippen molar-refractivity contribution in [3.05, 3.63) is 11.4 Å². The van der Waals surface area contributed by atoms with E-state index in [9.17, 15) is 18.0 Å². The van der Waals surface area contributed by atoms with Crippen molar-refractivity contribution in [2.24, 2.45) is 0 Å². The van der Waals surface area contributed by atoms with E-state index in [0.717, 1.165) is 0 Å². The summed E-state index contributed by atoms with van der Waals surface area (Å²) in [5.74, 6) is -1.75. The number of carboxylic acid groups (broad SMARTS) is 1. The molecule has 0 aliphatic heterocycles. The molecule has 0 bridgehead atoms. The first-order valence-electron chi connectivity index (χ1n) is 5.72. The highest BCUT2D eigenvalue weighted by Crippen LogP contribution is 2.31. The van der Waals surface area contributed by atoms with Gasteiger partial charge in [-0.25, -0.2) is 9.48 Å². The molecule has 19 heavy (non-hydrogen) atoms. The number of hydrogen-bond acceptors (Lipinski definition) is 4. The third-order valence-corrected chi connectivity index (χ3v) is 2.48. The molecule has 0 saturated heterocycles. The molecule has 9 heteroatoms. The Balaban J connectivity index is 2.76. The van der Waals surface area contributed by atoms with Gasteiger partial charge in [-0.15, -0.1) is 5.10 Å². The normalized spacial score (nSPS) is 11.8. The van der Waals surface area contributed by atoms with Crippen LogP contribution in [0.4, 0.5) is 13.2 Å². The third-order valence-electron chi connectivity index (χ3n) is 2.48. The smallest absolute Gasteiger partial charge is 0.435 e. The Kier molecular flexibility index (Phi) is 5.28.